The van der Waals surface area contributed by atoms with E-state index in [2.05, 4.69) is 34.0 Å². The fraction of sp³-hybridized carbons (Fsp3) is 0.588. The van der Waals surface area contributed by atoms with E-state index in [4.69, 9.17) is 0 Å². The summed E-state index contributed by atoms with van der Waals surface area (Å²) in [7, 11) is 0. The lowest BCUT2D eigenvalue weighted by Gasteiger charge is -2.23. The Kier molecular flexibility index (Phi) is 4.80. The van der Waals surface area contributed by atoms with Gasteiger partial charge in [-0.25, -0.2) is 9.97 Å². The first-order chi connectivity index (χ1) is 11.1. The minimum absolute atomic E-state index is 0.0406. The Morgan fingerprint density at radius 1 is 1.43 bits per heavy atom. The van der Waals surface area contributed by atoms with Gasteiger partial charge in [0, 0.05) is 18.0 Å². The second-order valence-electron chi connectivity index (χ2n) is 6.20. The van der Waals surface area contributed by atoms with Gasteiger partial charge >= 0.3 is 0 Å². The third kappa shape index (κ3) is 3.17. The van der Waals surface area contributed by atoms with E-state index in [0.29, 0.717) is 13.1 Å². The number of thiophene rings is 1. The molecule has 0 aromatic carbocycles. The van der Waals surface area contributed by atoms with Crippen molar-refractivity contribution in [3.63, 3.8) is 0 Å². The minimum Gasteiger partial charge on any atom is -0.355 e. The number of aryl methyl sites for hydroxylation is 1. The molecular weight excluding hydrogens is 308 g/mol. The zero-order valence-corrected chi connectivity index (χ0v) is 14.9. The first-order valence-electron chi connectivity index (χ1n) is 8.40. The summed E-state index contributed by atoms with van der Waals surface area (Å²) in [6.45, 7) is 8.07. The largest absolute Gasteiger partial charge is 0.355 e. The summed E-state index contributed by atoms with van der Waals surface area (Å²) < 4.78 is 0. The van der Waals surface area contributed by atoms with Crippen LogP contribution in [0.25, 0.3) is 10.2 Å². The second-order valence-corrected chi connectivity index (χ2v) is 7.28. The van der Waals surface area contributed by atoms with Crippen molar-refractivity contribution >= 4 is 33.3 Å². The van der Waals surface area contributed by atoms with Gasteiger partial charge in [0.2, 0.25) is 5.91 Å². The van der Waals surface area contributed by atoms with Crippen LogP contribution in [0, 0.1) is 5.92 Å². The Morgan fingerprint density at radius 2 is 2.26 bits per heavy atom. The summed E-state index contributed by atoms with van der Waals surface area (Å²) >= 11 is 1.80. The van der Waals surface area contributed by atoms with Crippen LogP contribution in [0.1, 0.15) is 37.6 Å². The van der Waals surface area contributed by atoms with Crippen LogP contribution in [0.4, 0.5) is 5.82 Å². The molecule has 1 N–H and O–H groups in total. The highest BCUT2D eigenvalue weighted by Gasteiger charge is 2.25. The quantitative estimate of drug-likeness (QED) is 0.915. The number of hydrogen-bond donors (Lipinski definition) is 1. The molecule has 2 aromatic heterocycles. The summed E-state index contributed by atoms with van der Waals surface area (Å²) in [4.78, 5) is 25.6. The molecule has 0 radical (unpaired) electrons. The van der Waals surface area contributed by atoms with Gasteiger partial charge in [0.05, 0.1) is 11.9 Å². The smallest absolute Gasteiger partial charge is 0.239 e. The minimum atomic E-state index is 0.0406. The second kappa shape index (κ2) is 6.83. The van der Waals surface area contributed by atoms with E-state index in [0.717, 1.165) is 36.0 Å². The van der Waals surface area contributed by atoms with Gasteiger partial charge < -0.3 is 10.2 Å². The summed E-state index contributed by atoms with van der Waals surface area (Å²) in [5.41, 5.74) is 1.41. The van der Waals surface area contributed by atoms with Gasteiger partial charge in [-0.05, 0) is 44.6 Å². The SMILES string of the molecule is CCNC(=O)CN(CC)c1ncnc2sc3c(c12)CC[C@H](C)C3. The standard InChI is InChI=1S/C17H24N4OS/c1-4-18-14(22)9-21(5-2)16-15-12-7-6-11(3)8-13(12)23-17(15)20-10-19-16/h10-11H,4-9H2,1-3H3,(H,18,22)/t11-/m0/s1. The van der Waals surface area contributed by atoms with Crippen molar-refractivity contribution in [2.24, 2.45) is 5.92 Å². The molecule has 0 saturated carbocycles. The lowest BCUT2D eigenvalue weighted by Crippen LogP contribution is -2.37. The third-order valence-electron chi connectivity index (χ3n) is 4.46. The van der Waals surface area contributed by atoms with E-state index >= 15 is 0 Å². The molecule has 124 valence electrons. The molecule has 1 amide bonds. The number of hydrogen-bond acceptors (Lipinski definition) is 5. The Bertz CT molecular complexity index is 712. The van der Waals surface area contributed by atoms with Crippen LogP contribution in [-0.2, 0) is 17.6 Å². The highest BCUT2D eigenvalue weighted by atomic mass is 32.1. The van der Waals surface area contributed by atoms with E-state index in [1.54, 1.807) is 17.7 Å². The monoisotopic (exact) mass is 332 g/mol. The van der Waals surface area contributed by atoms with Crippen LogP contribution >= 0.6 is 11.3 Å². The van der Waals surface area contributed by atoms with Crippen molar-refractivity contribution in [2.45, 2.75) is 40.0 Å². The molecule has 23 heavy (non-hydrogen) atoms. The van der Waals surface area contributed by atoms with Crippen molar-refractivity contribution in [3.8, 4) is 0 Å². The Morgan fingerprint density at radius 3 is 3.00 bits per heavy atom. The molecule has 0 aliphatic heterocycles. The highest BCUT2D eigenvalue weighted by molar-refractivity contribution is 7.19. The molecule has 3 rings (SSSR count). The van der Waals surface area contributed by atoms with E-state index in [-0.39, 0.29) is 5.91 Å². The number of rotatable bonds is 5. The molecule has 0 saturated heterocycles. The number of likely N-dealkylation sites (N-methyl/N-ethyl adjacent to an activating group) is 2. The topological polar surface area (TPSA) is 58.1 Å². The van der Waals surface area contributed by atoms with Crippen LogP contribution in [0.5, 0.6) is 0 Å². The Labute approximate surface area is 141 Å². The lowest BCUT2D eigenvalue weighted by molar-refractivity contribution is -0.119. The highest BCUT2D eigenvalue weighted by Crippen LogP contribution is 2.40. The first kappa shape index (κ1) is 16.2. The van der Waals surface area contributed by atoms with E-state index < -0.39 is 0 Å². The molecule has 5 nitrogen and oxygen atoms in total. The van der Waals surface area contributed by atoms with Crippen LogP contribution in [0.15, 0.2) is 6.33 Å². The summed E-state index contributed by atoms with van der Waals surface area (Å²) in [5.74, 6) is 1.69. The van der Waals surface area contributed by atoms with Crippen LogP contribution in [-0.4, -0.2) is 35.5 Å². The number of carbonyl (C=O) groups is 1. The zero-order chi connectivity index (χ0) is 16.4. The van der Waals surface area contributed by atoms with Crippen LogP contribution in [0.2, 0.25) is 0 Å². The number of amides is 1. The number of anilines is 1. The van der Waals surface area contributed by atoms with E-state index in [1.807, 2.05) is 6.92 Å². The molecule has 1 aliphatic rings. The Hall–Kier alpha value is -1.69. The van der Waals surface area contributed by atoms with E-state index in [1.165, 1.54) is 22.2 Å². The number of nitrogens with zero attached hydrogens (tertiary/aromatic N) is 3. The maximum absolute atomic E-state index is 12.0. The predicted octanol–water partition coefficient (Wildman–Crippen LogP) is 2.78. The first-order valence-corrected chi connectivity index (χ1v) is 9.22. The summed E-state index contributed by atoms with van der Waals surface area (Å²) in [6.07, 6.45) is 5.08. The number of aromatic nitrogens is 2. The van der Waals surface area contributed by atoms with Crippen molar-refractivity contribution < 1.29 is 4.79 Å². The molecule has 1 atom stereocenters. The van der Waals surface area contributed by atoms with Gasteiger partial charge in [-0.3, -0.25) is 4.79 Å². The Balaban J connectivity index is 2.01. The maximum atomic E-state index is 12.0. The average Bonchev–Trinajstić information content (AvgIpc) is 2.90. The fourth-order valence-electron chi connectivity index (χ4n) is 3.26. The average molecular weight is 332 g/mol. The van der Waals surface area contributed by atoms with Gasteiger partial charge in [-0.1, -0.05) is 6.92 Å². The third-order valence-corrected chi connectivity index (χ3v) is 5.62. The molecule has 6 heteroatoms. The molecule has 0 bridgehead atoms. The lowest BCUT2D eigenvalue weighted by atomic mass is 9.89. The van der Waals surface area contributed by atoms with Crippen molar-refractivity contribution in [1.29, 1.82) is 0 Å². The van der Waals surface area contributed by atoms with Gasteiger partial charge in [-0.15, -0.1) is 11.3 Å². The maximum Gasteiger partial charge on any atom is 0.239 e. The van der Waals surface area contributed by atoms with Gasteiger partial charge in [-0.2, -0.15) is 0 Å². The molecule has 2 aromatic rings. The molecule has 2 heterocycles. The predicted molar refractivity (Wildman–Crippen MR) is 95.2 cm³/mol. The molecule has 0 unspecified atom stereocenters. The zero-order valence-electron chi connectivity index (χ0n) is 14.1. The summed E-state index contributed by atoms with van der Waals surface area (Å²) in [6, 6.07) is 0. The summed E-state index contributed by atoms with van der Waals surface area (Å²) in [5, 5.41) is 4.04. The van der Waals surface area contributed by atoms with Crippen molar-refractivity contribution in [3.05, 3.63) is 16.8 Å². The van der Waals surface area contributed by atoms with E-state index in [9.17, 15) is 4.79 Å². The van der Waals surface area contributed by atoms with Crippen molar-refractivity contribution in [2.75, 3.05) is 24.5 Å². The van der Waals surface area contributed by atoms with Gasteiger partial charge in [0.25, 0.3) is 0 Å². The van der Waals surface area contributed by atoms with Gasteiger partial charge in [0.1, 0.15) is 17.0 Å². The van der Waals surface area contributed by atoms with Crippen LogP contribution in [0.3, 0.4) is 0 Å². The van der Waals surface area contributed by atoms with Crippen LogP contribution < -0.4 is 10.2 Å². The molecule has 0 spiro atoms. The number of fused-ring (bicyclic) bond motifs is 3. The fourth-order valence-corrected chi connectivity index (χ4v) is 4.61. The number of carbonyl (C=O) groups excluding carboxylic acids is 1. The molecule has 0 fully saturated rings. The normalized spacial score (nSPS) is 17.1. The van der Waals surface area contributed by atoms with Gasteiger partial charge in [0.15, 0.2) is 0 Å². The molecule has 1 aliphatic carbocycles. The number of nitrogens with one attached hydrogen (secondary N) is 1. The molecular formula is C17H24N4OS. The van der Waals surface area contributed by atoms with Crippen molar-refractivity contribution in [1.82, 2.24) is 15.3 Å².